The highest BCUT2D eigenvalue weighted by Crippen LogP contribution is 2.24. The van der Waals surface area contributed by atoms with Gasteiger partial charge in [-0.25, -0.2) is 12.8 Å². The maximum absolute atomic E-state index is 13.3. The minimum Gasteiger partial charge on any atom is -0.314 e. The Kier molecular flexibility index (Phi) is 7.33. The first-order valence-corrected chi connectivity index (χ1v) is 11.4. The number of nitrogens with zero attached hydrogens (tertiary/aromatic N) is 2. The van der Waals surface area contributed by atoms with Crippen LogP contribution in [0.1, 0.15) is 5.56 Å². The van der Waals surface area contributed by atoms with Crippen LogP contribution in [-0.4, -0.2) is 32.2 Å². The van der Waals surface area contributed by atoms with Crippen LogP contribution in [0, 0.1) is 5.82 Å². The lowest BCUT2D eigenvalue weighted by molar-refractivity contribution is -0.118. The molecule has 9 heteroatoms. The summed E-state index contributed by atoms with van der Waals surface area (Å²) >= 11 is 12.1. The summed E-state index contributed by atoms with van der Waals surface area (Å²) in [6, 6.07) is 17.9. The van der Waals surface area contributed by atoms with Gasteiger partial charge in [0.2, 0.25) is 15.9 Å². The molecule has 5 nitrogen and oxygen atoms in total. The van der Waals surface area contributed by atoms with Gasteiger partial charge >= 0.3 is 0 Å². The monoisotopic (exact) mass is 480 g/mol. The molecule has 31 heavy (non-hydrogen) atoms. The number of carbonyl (C=O) groups excluding carboxylic acids is 1. The molecule has 0 aromatic heterocycles. The number of hydrogen-bond acceptors (Lipinski definition) is 3. The molecule has 0 saturated carbocycles. The van der Waals surface area contributed by atoms with Crippen molar-refractivity contribution in [1.29, 1.82) is 0 Å². The van der Waals surface area contributed by atoms with Crippen LogP contribution in [-0.2, 0) is 21.4 Å². The molecule has 0 aliphatic rings. The summed E-state index contributed by atoms with van der Waals surface area (Å²) in [7, 11) is -2.54. The molecule has 162 valence electrons. The number of sulfonamides is 1. The maximum Gasteiger partial charge on any atom is 0.243 e. The third-order valence-corrected chi connectivity index (χ3v) is 7.08. The van der Waals surface area contributed by atoms with E-state index in [1.165, 1.54) is 60.5 Å². The highest BCUT2D eigenvalue weighted by atomic mass is 35.5. The third kappa shape index (κ3) is 5.62. The lowest BCUT2D eigenvalue weighted by Gasteiger charge is -2.25. The third-order valence-electron chi connectivity index (χ3n) is 4.66. The number of halogens is 3. The van der Waals surface area contributed by atoms with E-state index in [-0.39, 0.29) is 11.4 Å². The number of benzene rings is 3. The summed E-state index contributed by atoms with van der Waals surface area (Å²) in [6.07, 6.45) is 0. The Labute approximate surface area is 190 Å². The minimum absolute atomic E-state index is 0.00110. The molecular weight excluding hydrogens is 462 g/mol. The zero-order valence-electron chi connectivity index (χ0n) is 16.5. The summed E-state index contributed by atoms with van der Waals surface area (Å²) in [6.45, 7) is -0.544. The van der Waals surface area contributed by atoms with E-state index < -0.39 is 28.3 Å². The molecule has 1 amide bonds. The normalized spacial score (nSPS) is 11.5. The second kappa shape index (κ2) is 9.78. The molecule has 3 aromatic rings. The number of likely N-dealkylation sites (N-methyl/N-ethyl adjacent to an activating group) is 1. The molecule has 0 aliphatic carbocycles. The average Bonchev–Trinajstić information content (AvgIpc) is 2.75. The standard InChI is InChI=1S/C22H19Cl2FN2O3S/c1-26(19-10-8-18(25)9-11-19)22(28)15-27(14-16-4-2-3-5-21(16)24)31(29,30)20-12-6-17(23)7-13-20/h2-13H,14-15H2,1H3. The molecule has 0 fully saturated rings. The van der Waals surface area contributed by atoms with E-state index in [1.54, 1.807) is 24.3 Å². The lowest BCUT2D eigenvalue weighted by atomic mass is 10.2. The van der Waals surface area contributed by atoms with E-state index >= 15 is 0 Å². The van der Waals surface area contributed by atoms with E-state index in [0.29, 0.717) is 21.3 Å². The van der Waals surface area contributed by atoms with Gasteiger partial charge in [-0.3, -0.25) is 4.79 Å². The van der Waals surface area contributed by atoms with Crippen molar-refractivity contribution in [1.82, 2.24) is 4.31 Å². The van der Waals surface area contributed by atoms with Crippen molar-refractivity contribution in [3.63, 3.8) is 0 Å². The fourth-order valence-electron chi connectivity index (χ4n) is 2.86. The van der Waals surface area contributed by atoms with Crippen LogP contribution in [0.3, 0.4) is 0 Å². The fraction of sp³-hybridized carbons (Fsp3) is 0.136. The van der Waals surface area contributed by atoms with E-state index in [1.807, 2.05) is 0 Å². The summed E-state index contributed by atoms with van der Waals surface area (Å²) in [5, 5.41) is 0.780. The highest BCUT2D eigenvalue weighted by molar-refractivity contribution is 7.89. The second-order valence-corrected chi connectivity index (χ2v) is 9.53. The molecule has 0 heterocycles. The molecule has 0 saturated heterocycles. The smallest absolute Gasteiger partial charge is 0.243 e. The second-order valence-electron chi connectivity index (χ2n) is 6.75. The molecule has 3 aromatic carbocycles. The van der Waals surface area contributed by atoms with Gasteiger partial charge in [0.25, 0.3) is 0 Å². The van der Waals surface area contributed by atoms with Crippen LogP contribution in [0.4, 0.5) is 10.1 Å². The van der Waals surface area contributed by atoms with Crippen molar-refractivity contribution in [2.75, 3.05) is 18.5 Å². The van der Waals surface area contributed by atoms with E-state index in [4.69, 9.17) is 23.2 Å². The number of rotatable bonds is 7. The summed E-state index contributed by atoms with van der Waals surface area (Å²) in [5.74, 6) is -0.925. The van der Waals surface area contributed by atoms with Crippen LogP contribution in [0.15, 0.2) is 77.7 Å². The number of anilines is 1. The van der Waals surface area contributed by atoms with Gasteiger partial charge in [-0.2, -0.15) is 4.31 Å². The van der Waals surface area contributed by atoms with Gasteiger partial charge in [-0.15, -0.1) is 0 Å². The van der Waals surface area contributed by atoms with Crippen molar-refractivity contribution < 1.29 is 17.6 Å². The first-order chi connectivity index (χ1) is 14.7. The van der Waals surface area contributed by atoms with Gasteiger partial charge in [0.05, 0.1) is 11.4 Å². The Morgan fingerprint density at radius 2 is 1.55 bits per heavy atom. The van der Waals surface area contributed by atoms with Crippen molar-refractivity contribution in [2.45, 2.75) is 11.4 Å². The van der Waals surface area contributed by atoms with Crippen LogP contribution in [0.5, 0.6) is 0 Å². The molecule has 0 bridgehead atoms. The Balaban J connectivity index is 1.93. The van der Waals surface area contributed by atoms with Crippen LogP contribution >= 0.6 is 23.2 Å². The number of hydrogen-bond donors (Lipinski definition) is 0. The summed E-state index contributed by atoms with van der Waals surface area (Å²) in [5.41, 5.74) is 0.993. The lowest BCUT2D eigenvalue weighted by Crippen LogP contribution is -2.41. The highest BCUT2D eigenvalue weighted by Gasteiger charge is 2.29. The van der Waals surface area contributed by atoms with Crippen molar-refractivity contribution in [3.05, 3.63) is 94.2 Å². The van der Waals surface area contributed by atoms with E-state index in [2.05, 4.69) is 0 Å². The van der Waals surface area contributed by atoms with Gasteiger partial charge in [0, 0.05) is 29.3 Å². The molecule has 0 unspecified atom stereocenters. The molecule has 0 N–H and O–H groups in total. The van der Waals surface area contributed by atoms with Crippen molar-refractivity contribution >= 4 is 44.8 Å². The summed E-state index contributed by atoms with van der Waals surface area (Å²) in [4.78, 5) is 14.2. The van der Waals surface area contributed by atoms with Crippen LogP contribution < -0.4 is 4.90 Å². The largest absolute Gasteiger partial charge is 0.314 e. The summed E-state index contributed by atoms with van der Waals surface area (Å²) < 4.78 is 40.9. The van der Waals surface area contributed by atoms with Crippen molar-refractivity contribution in [3.8, 4) is 0 Å². The fourth-order valence-corrected chi connectivity index (χ4v) is 4.55. The van der Waals surface area contributed by atoms with Gasteiger partial charge in [-0.1, -0.05) is 41.4 Å². The van der Waals surface area contributed by atoms with Gasteiger partial charge in [0.1, 0.15) is 5.82 Å². The molecule has 0 spiro atoms. The Morgan fingerprint density at radius 1 is 0.935 bits per heavy atom. The van der Waals surface area contributed by atoms with Crippen LogP contribution in [0.2, 0.25) is 10.0 Å². The first-order valence-electron chi connectivity index (χ1n) is 9.20. The predicted molar refractivity (Wildman–Crippen MR) is 120 cm³/mol. The van der Waals surface area contributed by atoms with E-state index in [0.717, 1.165) is 4.31 Å². The Bertz CT molecular complexity index is 1170. The topological polar surface area (TPSA) is 57.7 Å². The van der Waals surface area contributed by atoms with Gasteiger partial charge < -0.3 is 4.90 Å². The molecule has 0 atom stereocenters. The maximum atomic E-state index is 13.3. The average molecular weight is 481 g/mol. The minimum atomic E-state index is -4.04. The zero-order chi connectivity index (χ0) is 22.6. The Hall–Kier alpha value is -2.45. The number of amides is 1. The zero-order valence-corrected chi connectivity index (χ0v) is 18.8. The molecule has 0 radical (unpaired) electrons. The molecule has 3 rings (SSSR count). The van der Waals surface area contributed by atoms with Crippen LogP contribution in [0.25, 0.3) is 0 Å². The quantitative estimate of drug-likeness (QED) is 0.478. The molecule has 0 aliphatic heterocycles. The number of carbonyl (C=O) groups is 1. The molecular formula is C22H19Cl2FN2O3S. The first kappa shape index (κ1) is 23.2. The van der Waals surface area contributed by atoms with E-state index in [9.17, 15) is 17.6 Å². The van der Waals surface area contributed by atoms with Gasteiger partial charge in [0.15, 0.2) is 0 Å². The van der Waals surface area contributed by atoms with Gasteiger partial charge in [-0.05, 0) is 60.2 Å². The predicted octanol–water partition coefficient (Wildman–Crippen LogP) is 4.99. The van der Waals surface area contributed by atoms with Crippen molar-refractivity contribution in [2.24, 2.45) is 0 Å². The Morgan fingerprint density at radius 3 is 2.16 bits per heavy atom. The SMILES string of the molecule is CN(C(=O)CN(Cc1ccccc1Cl)S(=O)(=O)c1ccc(Cl)cc1)c1ccc(F)cc1.